The van der Waals surface area contributed by atoms with Crippen LogP contribution in [0.25, 0.3) is 0 Å². The van der Waals surface area contributed by atoms with Crippen LogP contribution in [0.3, 0.4) is 0 Å². The molecule has 0 saturated carbocycles. The maximum atomic E-state index is 12.2. The van der Waals surface area contributed by atoms with Crippen molar-refractivity contribution in [2.75, 3.05) is 6.54 Å². The van der Waals surface area contributed by atoms with Crippen molar-refractivity contribution in [2.24, 2.45) is 0 Å². The molecule has 0 spiro atoms. The molecule has 0 aromatic heterocycles. The van der Waals surface area contributed by atoms with Crippen molar-refractivity contribution in [3.8, 4) is 0 Å². The highest BCUT2D eigenvalue weighted by Crippen LogP contribution is 2.20. The lowest BCUT2D eigenvalue weighted by molar-refractivity contribution is -0.122. The van der Waals surface area contributed by atoms with E-state index in [4.69, 9.17) is 0 Å². The van der Waals surface area contributed by atoms with E-state index in [-0.39, 0.29) is 24.3 Å². The Morgan fingerprint density at radius 2 is 1.96 bits per heavy atom. The van der Waals surface area contributed by atoms with Gasteiger partial charge in [0, 0.05) is 13.5 Å². The average molecular weight is 314 g/mol. The van der Waals surface area contributed by atoms with E-state index in [9.17, 15) is 9.59 Å². The molecule has 4 nitrogen and oxygen atoms in total. The van der Waals surface area contributed by atoms with Crippen LogP contribution in [-0.2, 0) is 9.59 Å². The summed E-state index contributed by atoms with van der Waals surface area (Å²) in [5.74, 6) is -0.150. The number of hydrogen-bond acceptors (Lipinski definition) is 2. The quantitative estimate of drug-likeness (QED) is 0.759. The van der Waals surface area contributed by atoms with Crippen LogP contribution in [-0.4, -0.2) is 18.4 Å². The van der Waals surface area contributed by atoms with E-state index in [1.54, 1.807) is 0 Å². The van der Waals surface area contributed by atoms with Gasteiger partial charge >= 0.3 is 0 Å². The normalized spacial score (nSPS) is 15.4. The lowest BCUT2D eigenvalue weighted by atomic mass is 9.97. The molecule has 1 aliphatic carbocycles. The highest BCUT2D eigenvalue weighted by molar-refractivity contribution is 5.79. The minimum absolute atomic E-state index is 0.0241. The van der Waals surface area contributed by atoms with Crippen molar-refractivity contribution in [1.29, 1.82) is 0 Å². The van der Waals surface area contributed by atoms with E-state index >= 15 is 0 Å². The van der Waals surface area contributed by atoms with Crippen LogP contribution in [0, 0.1) is 0 Å². The summed E-state index contributed by atoms with van der Waals surface area (Å²) in [7, 11) is 0. The van der Waals surface area contributed by atoms with Crippen molar-refractivity contribution in [1.82, 2.24) is 10.6 Å². The Bertz CT molecular complexity index is 552. The average Bonchev–Trinajstić information content (AvgIpc) is 2.56. The molecule has 2 rings (SSSR count). The fraction of sp³-hybridized carbons (Fsp3) is 0.474. The molecule has 1 aromatic rings. The molecule has 23 heavy (non-hydrogen) atoms. The standard InChI is InChI=1S/C19H26N2O2/c1-15(22)21-18(17-10-6-3-7-11-17)14-19(23)20-13-12-16-8-4-2-5-9-16/h3,6-8,10-11,18H,2,4-5,9,12-14H2,1H3,(H,20,23)(H,21,22)/t18-/m0/s1. The van der Waals surface area contributed by atoms with Gasteiger partial charge in [0.1, 0.15) is 0 Å². The Kier molecular flexibility index (Phi) is 6.85. The third-order valence-corrected chi connectivity index (χ3v) is 4.12. The summed E-state index contributed by atoms with van der Waals surface area (Å²) in [5, 5.41) is 5.83. The summed E-state index contributed by atoms with van der Waals surface area (Å²) < 4.78 is 0. The van der Waals surface area contributed by atoms with E-state index in [2.05, 4.69) is 16.7 Å². The zero-order valence-corrected chi connectivity index (χ0v) is 13.8. The molecule has 2 N–H and O–H groups in total. The fourth-order valence-corrected chi connectivity index (χ4v) is 2.93. The van der Waals surface area contributed by atoms with E-state index in [0.29, 0.717) is 6.54 Å². The van der Waals surface area contributed by atoms with Crippen LogP contribution in [0.1, 0.15) is 57.1 Å². The first kappa shape index (κ1) is 17.3. The second-order valence-electron chi connectivity index (χ2n) is 6.08. The Balaban J connectivity index is 1.82. The van der Waals surface area contributed by atoms with Gasteiger partial charge in [-0.15, -0.1) is 0 Å². The second-order valence-corrected chi connectivity index (χ2v) is 6.08. The lowest BCUT2D eigenvalue weighted by Crippen LogP contribution is -2.33. The van der Waals surface area contributed by atoms with E-state index in [0.717, 1.165) is 18.4 Å². The second kappa shape index (κ2) is 9.13. The van der Waals surface area contributed by atoms with Crippen LogP contribution in [0.4, 0.5) is 0 Å². The zero-order chi connectivity index (χ0) is 16.5. The van der Waals surface area contributed by atoms with Crippen LogP contribution >= 0.6 is 0 Å². The molecule has 0 unspecified atom stereocenters. The summed E-state index contributed by atoms with van der Waals surface area (Å²) >= 11 is 0. The Labute approximate surface area is 138 Å². The number of carbonyl (C=O) groups is 2. The van der Waals surface area contributed by atoms with Gasteiger partial charge in [-0.05, 0) is 37.7 Å². The van der Waals surface area contributed by atoms with Crippen LogP contribution in [0.15, 0.2) is 42.0 Å². The zero-order valence-electron chi connectivity index (χ0n) is 13.8. The largest absolute Gasteiger partial charge is 0.356 e. The summed E-state index contributed by atoms with van der Waals surface area (Å²) in [6.07, 6.45) is 8.38. The topological polar surface area (TPSA) is 58.2 Å². The molecular formula is C19H26N2O2. The Hall–Kier alpha value is -2.10. The van der Waals surface area contributed by atoms with Crippen molar-refractivity contribution >= 4 is 11.8 Å². The van der Waals surface area contributed by atoms with Gasteiger partial charge in [-0.25, -0.2) is 0 Å². The maximum absolute atomic E-state index is 12.2. The van der Waals surface area contributed by atoms with Crippen molar-refractivity contribution in [3.05, 3.63) is 47.5 Å². The van der Waals surface area contributed by atoms with Crippen molar-refractivity contribution < 1.29 is 9.59 Å². The molecule has 4 heteroatoms. The minimum atomic E-state index is -0.275. The number of nitrogens with one attached hydrogen (secondary N) is 2. The number of rotatable bonds is 7. The van der Waals surface area contributed by atoms with Gasteiger partial charge in [0.15, 0.2) is 0 Å². The van der Waals surface area contributed by atoms with Crippen molar-refractivity contribution in [3.63, 3.8) is 0 Å². The van der Waals surface area contributed by atoms with Gasteiger partial charge < -0.3 is 10.6 Å². The van der Waals surface area contributed by atoms with Crippen LogP contribution in [0.2, 0.25) is 0 Å². The monoisotopic (exact) mass is 314 g/mol. The Morgan fingerprint density at radius 3 is 2.61 bits per heavy atom. The lowest BCUT2D eigenvalue weighted by Gasteiger charge is -2.18. The van der Waals surface area contributed by atoms with E-state index in [1.807, 2.05) is 30.3 Å². The Morgan fingerprint density at radius 1 is 1.17 bits per heavy atom. The number of carbonyl (C=O) groups excluding carboxylic acids is 2. The molecule has 0 bridgehead atoms. The minimum Gasteiger partial charge on any atom is -0.356 e. The highest BCUT2D eigenvalue weighted by Gasteiger charge is 2.16. The molecule has 1 aliphatic rings. The molecule has 124 valence electrons. The van der Waals surface area contributed by atoms with Gasteiger partial charge in [-0.2, -0.15) is 0 Å². The molecular weight excluding hydrogens is 288 g/mol. The summed E-state index contributed by atoms with van der Waals surface area (Å²) in [4.78, 5) is 23.5. The van der Waals surface area contributed by atoms with Gasteiger partial charge in [-0.1, -0.05) is 42.0 Å². The molecule has 0 aliphatic heterocycles. The van der Waals surface area contributed by atoms with Gasteiger partial charge in [-0.3, -0.25) is 9.59 Å². The molecule has 0 radical (unpaired) electrons. The van der Waals surface area contributed by atoms with E-state index < -0.39 is 0 Å². The van der Waals surface area contributed by atoms with Crippen molar-refractivity contribution in [2.45, 2.75) is 51.5 Å². The molecule has 2 amide bonds. The van der Waals surface area contributed by atoms with Gasteiger partial charge in [0.2, 0.25) is 11.8 Å². The fourth-order valence-electron chi connectivity index (χ4n) is 2.93. The van der Waals surface area contributed by atoms with Gasteiger partial charge in [0.05, 0.1) is 12.5 Å². The third-order valence-electron chi connectivity index (χ3n) is 4.12. The first-order chi connectivity index (χ1) is 11.1. The predicted molar refractivity (Wildman–Crippen MR) is 91.8 cm³/mol. The first-order valence-corrected chi connectivity index (χ1v) is 8.42. The number of allylic oxidation sites excluding steroid dienone is 1. The summed E-state index contributed by atoms with van der Waals surface area (Å²) in [6.45, 7) is 2.15. The molecule has 0 heterocycles. The highest BCUT2D eigenvalue weighted by atomic mass is 16.2. The molecule has 0 saturated heterocycles. The van der Waals surface area contributed by atoms with Gasteiger partial charge in [0.25, 0.3) is 0 Å². The third kappa shape index (κ3) is 6.27. The molecule has 1 aromatic carbocycles. The maximum Gasteiger partial charge on any atom is 0.222 e. The number of hydrogen-bond donors (Lipinski definition) is 2. The summed E-state index contributed by atoms with van der Waals surface area (Å²) in [5.41, 5.74) is 2.41. The number of benzene rings is 1. The van der Waals surface area contributed by atoms with Crippen LogP contribution < -0.4 is 10.6 Å². The number of amides is 2. The first-order valence-electron chi connectivity index (χ1n) is 8.42. The van der Waals surface area contributed by atoms with Crippen LogP contribution in [0.5, 0.6) is 0 Å². The predicted octanol–water partition coefficient (Wildman–Crippen LogP) is 3.26. The van der Waals surface area contributed by atoms with E-state index in [1.165, 1.54) is 31.8 Å². The summed E-state index contributed by atoms with van der Waals surface area (Å²) in [6, 6.07) is 9.34. The molecule has 1 atom stereocenters. The SMILES string of the molecule is CC(=O)N[C@@H](CC(=O)NCCC1=CCCCC1)c1ccccc1. The molecule has 0 fully saturated rings. The smallest absolute Gasteiger partial charge is 0.222 e.